The first kappa shape index (κ1) is 5.86. The lowest BCUT2D eigenvalue weighted by molar-refractivity contribution is 1.20. The minimum absolute atomic E-state index is 0.282. The first-order valence-electron chi connectivity index (χ1n) is 3.00. The fourth-order valence-corrected chi connectivity index (χ4v) is 1.21. The SMILES string of the molecule is Cl[C@@H]1N=CC=C2C=CN=C21. The monoisotopic (exact) mass is 152 g/mol. The van der Waals surface area contributed by atoms with Gasteiger partial charge in [-0.25, -0.2) is 0 Å². The lowest BCUT2D eigenvalue weighted by atomic mass is 10.1. The Bertz CT molecular complexity index is 273. The van der Waals surface area contributed by atoms with Crippen LogP contribution in [0.25, 0.3) is 0 Å². The molecule has 0 spiro atoms. The van der Waals surface area contributed by atoms with Crippen LogP contribution in [0.15, 0.2) is 33.9 Å². The third-order valence-electron chi connectivity index (χ3n) is 1.46. The Morgan fingerprint density at radius 3 is 3.20 bits per heavy atom. The van der Waals surface area contributed by atoms with E-state index in [1.165, 1.54) is 0 Å². The van der Waals surface area contributed by atoms with E-state index in [0.29, 0.717) is 0 Å². The van der Waals surface area contributed by atoms with Crippen LogP contribution in [0.1, 0.15) is 0 Å². The predicted octanol–water partition coefficient (Wildman–Crippen LogP) is 1.53. The second-order valence-electron chi connectivity index (χ2n) is 2.09. The number of hydrogen-bond acceptors (Lipinski definition) is 2. The van der Waals surface area contributed by atoms with Gasteiger partial charge in [0.2, 0.25) is 0 Å². The molecule has 2 nitrogen and oxygen atoms in total. The quantitative estimate of drug-likeness (QED) is 0.372. The fourth-order valence-electron chi connectivity index (χ4n) is 0.967. The Morgan fingerprint density at radius 1 is 1.50 bits per heavy atom. The number of nitrogens with zero attached hydrogens (tertiary/aromatic N) is 2. The third kappa shape index (κ3) is 0.727. The first-order chi connectivity index (χ1) is 4.88. The Kier molecular flexibility index (Phi) is 1.21. The van der Waals surface area contributed by atoms with E-state index in [2.05, 4.69) is 9.98 Å². The molecule has 3 heteroatoms. The van der Waals surface area contributed by atoms with Crippen molar-refractivity contribution in [2.75, 3.05) is 0 Å². The summed E-state index contributed by atoms with van der Waals surface area (Å²) in [5.74, 6) is 0. The van der Waals surface area contributed by atoms with Gasteiger partial charge in [-0.3, -0.25) is 9.98 Å². The molecule has 2 aliphatic rings. The number of fused-ring (bicyclic) bond motifs is 1. The van der Waals surface area contributed by atoms with Crippen molar-refractivity contribution in [1.82, 2.24) is 0 Å². The van der Waals surface area contributed by atoms with Crippen LogP contribution in [0.4, 0.5) is 0 Å². The van der Waals surface area contributed by atoms with E-state index in [9.17, 15) is 0 Å². The van der Waals surface area contributed by atoms with Gasteiger partial charge in [0.1, 0.15) is 0 Å². The zero-order valence-corrected chi connectivity index (χ0v) is 5.92. The summed E-state index contributed by atoms with van der Waals surface area (Å²) in [6.45, 7) is 0. The summed E-state index contributed by atoms with van der Waals surface area (Å²) in [5.41, 5.74) is 1.66. The summed E-state index contributed by atoms with van der Waals surface area (Å²) in [6, 6.07) is 0. The molecule has 0 aromatic heterocycles. The highest BCUT2D eigenvalue weighted by molar-refractivity contribution is 6.37. The molecule has 0 aromatic carbocycles. The predicted molar refractivity (Wildman–Crippen MR) is 42.8 cm³/mol. The molecule has 0 saturated heterocycles. The summed E-state index contributed by atoms with van der Waals surface area (Å²) < 4.78 is 0. The van der Waals surface area contributed by atoms with Crippen LogP contribution in [-0.2, 0) is 0 Å². The van der Waals surface area contributed by atoms with E-state index in [-0.39, 0.29) is 5.50 Å². The van der Waals surface area contributed by atoms with Gasteiger partial charge in [-0.1, -0.05) is 11.6 Å². The van der Waals surface area contributed by atoms with Crippen molar-refractivity contribution < 1.29 is 0 Å². The summed E-state index contributed by atoms with van der Waals surface area (Å²) in [6.07, 6.45) is 7.28. The van der Waals surface area contributed by atoms with E-state index in [0.717, 1.165) is 11.3 Å². The number of halogens is 1. The van der Waals surface area contributed by atoms with Crippen LogP contribution in [0, 0.1) is 0 Å². The van der Waals surface area contributed by atoms with Gasteiger partial charge in [0.15, 0.2) is 5.50 Å². The molecule has 0 aromatic rings. The van der Waals surface area contributed by atoms with E-state index < -0.39 is 0 Å². The molecule has 0 N–H and O–H groups in total. The Balaban J connectivity index is 2.45. The topological polar surface area (TPSA) is 24.7 Å². The van der Waals surface area contributed by atoms with Gasteiger partial charge in [0.25, 0.3) is 0 Å². The number of allylic oxidation sites excluding steroid dienone is 2. The van der Waals surface area contributed by atoms with E-state index in [4.69, 9.17) is 11.6 Å². The fraction of sp³-hybridized carbons (Fsp3) is 0.143. The molecule has 0 radical (unpaired) electrons. The van der Waals surface area contributed by atoms with E-state index in [1.807, 2.05) is 12.2 Å². The van der Waals surface area contributed by atoms with Crippen LogP contribution < -0.4 is 0 Å². The molecule has 0 bridgehead atoms. The molecular weight excluding hydrogens is 148 g/mol. The minimum atomic E-state index is -0.282. The molecule has 0 fully saturated rings. The van der Waals surface area contributed by atoms with Crippen molar-refractivity contribution >= 4 is 23.5 Å². The summed E-state index contributed by atoms with van der Waals surface area (Å²) in [7, 11) is 0. The molecule has 0 saturated carbocycles. The maximum atomic E-state index is 5.81. The van der Waals surface area contributed by atoms with Crippen LogP contribution in [0.5, 0.6) is 0 Å². The number of aliphatic imine (C=N–C) groups is 2. The molecule has 0 amide bonds. The average molecular weight is 153 g/mol. The molecule has 2 heterocycles. The highest BCUT2D eigenvalue weighted by Gasteiger charge is 2.18. The molecule has 2 aliphatic heterocycles. The largest absolute Gasteiger partial charge is 0.267 e. The molecule has 2 rings (SSSR count). The first-order valence-corrected chi connectivity index (χ1v) is 3.44. The summed E-state index contributed by atoms with van der Waals surface area (Å²) in [5, 5.41) is 0. The second kappa shape index (κ2) is 2.06. The zero-order valence-electron chi connectivity index (χ0n) is 5.16. The molecule has 0 aliphatic carbocycles. The number of rotatable bonds is 0. The minimum Gasteiger partial charge on any atom is -0.267 e. The maximum Gasteiger partial charge on any atom is 0.166 e. The Morgan fingerprint density at radius 2 is 2.40 bits per heavy atom. The average Bonchev–Trinajstić information content (AvgIpc) is 2.36. The van der Waals surface area contributed by atoms with Gasteiger partial charge >= 0.3 is 0 Å². The number of dihydropyridines is 1. The third-order valence-corrected chi connectivity index (χ3v) is 1.78. The number of alkyl halides is 1. The molecule has 50 valence electrons. The second-order valence-corrected chi connectivity index (χ2v) is 2.50. The Labute approximate surface area is 63.6 Å². The lowest BCUT2D eigenvalue weighted by Crippen LogP contribution is -2.15. The zero-order chi connectivity index (χ0) is 6.97. The van der Waals surface area contributed by atoms with Crippen molar-refractivity contribution in [2.45, 2.75) is 5.50 Å². The number of hydrogen-bond donors (Lipinski definition) is 0. The van der Waals surface area contributed by atoms with Crippen molar-refractivity contribution in [3.05, 3.63) is 23.9 Å². The van der Waals surface area contributed by atoms with Crippen molar-refractivity contribution in [3.8, 4) is 0 Å². The highest BCUT2D eigenvalue weighted by atomic mass is 35.5. The normalized spacial score (nSPS) is 27.9. The highest BCUT2D eigenvalue weighted by Crippen LogP contribution is 2.18. The van der Waals surface area contributed by atoms with Crippen molar-refractivity contribution in [1.29, 1.82) is 0 Å². The summed E-state index contributed by atoms with van der Waals surface area (Å²) in [4.78, 5) is 8.03. The van der Waals surface area contributed by atoms with Gasteiger partial charge in [-0.15, -0.1) is 0 Å². The van der Waals surface area contributed by atoms with Gasteiger partial charge < -0.3 is 0 Å². The van der Waals surface area contributed by atoms with Gasteiger partial charge in [0.05, 0.1) is 5.71 Å². The molecule has 10 heavy (non-hydrogen) atoms. The van der Waals surface area contributed by atoms with Crippen molar-refractivity contribution in [3.63, 3.8) is 0 Å². The van der Waals surface area contributed by atoms with Crippen LogP contribution in [-0.4, -0.2) is 17.4 Å². The van der Waals surface area contributed by atoms with Gasteiger partial charge in [-0.05, 0) is 12.2 Å². The van der Waals surface area contributed by atoms with Gasteiger partial charge in [0, 0.05) is 18.0 Å². The van der Waals surface area contributed by atoms with Crippen LogP contribution in [0.3, 0.4) is 0 Å². The standard InChI is InChI=1S/C7H5ClN2/c8-7-6-5(1-3-9-6)2-4-10-7/h1-4,7H/t7-/m1/s1. The van der Waals surface area contributed by atoms with Gasteiger partial charge in [-0.2, -0.15) is 0 Å². The van der Waals surface area contributed by atoms with E-state index in [1.54, 1.807) is 12.4 Å². The smallest absolute Gasteiger partial charge is 0.166 e. The van der Waals surface area contributed by atoms with Crippen LogP contribution in [0.2, 0.25) is 0 Å². The maximum absolute atomic E-state index is 5.81. The van der Waals surface area contributed by atoms with E-state index >= 15 is 0 Å². The lowest BCUT2D eigenvalue weighted by Gasteiger charge is -2.08. The molecular formula is C7H5ClN2. The van der Waals surface area contributed by atoms with Crippen LogP contribution >= 0.6 is 11.6 Å². The molecule has 1 atom stereocenters. The Hall–Kier alpha value is -0.890. The van der Waals surface area contributed by atoms with Crippen molar-refractivity contribution in [2.24, 2.45) is 9.98 Å². The summed E-state index contributed by atoms with van der Waals surface area (Å²) >= 11 is 5.81. The molecule has 0 unspecified atom stereocenters.